The van der Waals surface area contributed by atoms with Crippen molar-refractivity contribution in [1.82, 2.24) is 10.2 Å². The lowest BCUT2D eigenvalue weighted by Gasteiger charge is -2.39. The Kier molecular flexibility index (Phi) is 7.25. The molecule has 1 spiro atoms. The molecule has 5 heteroatoms. The number of rotatable bonds is 8. The van der Waals surface area contributed by atoms with Crippen LogP contribution in [0.1, 0.15) is 43.2 Å². The Morgan fingerprint density at radius 2 is 1.87 bits per heavy atom. The van der Waals surface area contributed by atoms with Crippen LogP contribution < -0.4 is 10.1 Å². The fraction of sp³-hybridized carbons (Fsp3) is 0.500. The number of ether oxygens (including phenoxy) is 2. The van der Waals surface area contributed by atoms with E-state index in [0.29, 0.717) is 13.0 Å². The molecule has 1 atom stereocenters. The van der Waals surface area contributed by atoms with Gasteiger partial charge in [0, 0.05) is 32.6 Å². The number of carbonyl (C=O) groups excluding carboxylic acids is 1. The molecule has 1 N–H and O–H groups in total. The van der Waals surface area contributed by atoms with Crippen LogP contribution in [0.2, 0.25) is 0 Å². The molecule has 0 aromatic heterocycles. The van der Waals surface area contributed by atoms with Gasteiger partial charge in [-0.25, -0.2) is 0 Å². The SMILES string of the molecule is COc1cccc(CCC(=O)NCC2CCC3(CCN(Cc4ccccc4)CC3)O2)c1. The normalized spacial score (nSPS) is 20.6. The molecule has 2 aromatic rings. The van der Waals surface area contributed by atoms with E-state index in [0.717, 1.165) is 63.1 Å². The zero-order valence-corrected chi connectivity index (χ0v) is 18.5. The van der Waals surface area contributed by atoms with E-state index in [4.69, 9.17) is 9.47 Å². The lowest BCUT2D eigenvalue weighted by molar-refractivity contribution is -0.122. The van der Waals surface area contributed by atoms with Gasteiger partial charge in [0.15, 0.2) is 0 Å². The number of carbonyl (C=O) groups is 1. The van der Waals surface area contributed by atoms with Crippen LogP contribution >= 0.6 is 0 Å². The third-order valence-electron chi connectivity index (χ3n) is 6.66. The van der Waals surface area contributed by atoms with Gasteiger partial charge in [-0.05, 0) is 55.4 Å². The summed E-state index contributed by atoms with van der Waals surface area (Å²) in [6.45, 7) is 3.79. The molecule has 2 aliphatic heterocycles. The Hall–Kier alpha value is -2.37. The number of likely N-dealkylation sites (tertiary alicyclic amines) is 1. The molecule has 2 saturated heterocycles. The van der Waals surface area contributed by atoms with Crippen molar-refractivity contribution in [3.63, 3.8) is 0 Å². The van der Waals surface area contributed by atoms with Crippen molar-refractivity contribution in [2.75, 3.05) is 26.7 Å². The maximum Gasteiger partial charge on any atom is 0.220 e. The molecule has 2 aromatic carbocycles. The average Bonchev–Trinajstić information content (AvgIpc) is 3.21. The number of nitrogens with zero attached hydrogens (tertiary/aromatic N) is 1. The number of piperidine rings is 1. The highest BCUT2D eigenvalue weighted by Gasteiger charge is 2.42. The fourth-order valence-electron chi connectivity index (χ4n) is 4.77. The van der Waals surface area contributed by atoms with Gasteiger partial charge in [-0.2, -0.15) is 0 Å². The molecule has 4 rings (SSSR count). The van der Waals surface area contributed by atoms with Crippen molar-refractivity contribution < 1.29 is 14.3 Å². The second-order valence-corrected chi connectivity index (χ2v) is 8.88. The van der Waals surface area contributed by atoms with Gasteiger partial charge in [0.25, 0.3) is 0 Å². The molecule has 31 heavy (non-hydrogen) atoms. The first kappa shape index (κ1) is 21.8. The Bertz CT molecular complexity index is 847. The van der Waals surface area contributed by atoms with Gasteiger partial charge in [0.2, 0.25) is 5.91 Å². The van der Waals surface area contributed by atoms with Crippen LogP contribution in [-0.2, 0) is 22.5 Å². The van der Waals surface area contributed by atoms with Crippen LogP contribution in [0.15, 0.2) is 54.6 Å². The van der Waals surface area contributed by atoms with Crippen LogP contribution in [0, 0.1) is 0 Å². The molecule has 166 valence electrons. The second kappa shape index (κ2) is 10.3. The van der Waals surface area contributed by atoms with Crippen LogP contribution in [0.25, 0.3) is 0 Å². The predicted molar refractivity (Wildman–Crippen MR) is 122 cm³/mol. The minimum absolute atomic E-state index is 0.0170. The van der Waals surface area contributed by atoms with Crippen molar-refractivity contribution in [3.8, 4) is 5.75 Å². The number of amides is 1. The summed E-state index contributed by atoms with van der Waals surface area (Å²) in [4.78, 5) is 14.8. The van der Waals surface area contributed by atoms with E-state index in [9.17, 15) is 4.79 Å². The summed E-state index contributed by atoms with van der Waals surface area (Å²) in [5.41, 5.74) is 2.51. The number of benzene rings is 2. The highest BCUT2D eigenvalue weighted by molar-refractivity contribution is 5.76. The number of hydrogen-bond acceptors (Lipinski definition) is 4. The number of methoxy groups -OCH3 is 1. The molecule has 2 heterocycles. The Balaban J connectivity index is 1.16. The molecular formula is C26H34N2O3. The van der Waals surface area contributed by atoms with Crippen molar-refractivity contribution in [1.29, 1.82) is 0 Å². The van der Waals surface area contributed by atoms with E-state index in [1.165, 1.54) is 5.56 Å². The first-order valence-corrected chi connectivity index (χ1v) is 11.5. The molecule has 2 aliphatic rings. The van der Waals surface area contributed by atoms with Gasteiger partial charge >= 0.3 is 0 Å². The van der Waals surface area contributed by atoms with Crippen LogP contribution in [0.5, 0.6) is 5.75 Å². The number of hydrogen-bond donors (Lipinski definition) is 1. The molecule has 0 bridgehead atoms. The molecule has 0 radical (unpaired) electrons. The van der Waals surface area contributed by atoms with Gasteiger partial charge < -0.3 is 14.8 Å². The Labute approximate surface area is 185 Å². The smallest absolute Gasteiger partial charge is 0.220 e. The molecule has 1 unspecified atom stereocenters. The highest BCUT2D eigenvalue weighted by Crippen LogP contribution is 2.39. The monoisotopic (exact) mass is 422 g/mol. The first-order chi connectivity index (χ1) is 15.1. The standard InChI is InChI=1S/C26H34N2O3/c1-30-23-9-5-8-21(18-23)10-11-25(29)27-19-24-12-13-26(31-24)14-16-28(17-15-26)20-22-6-3-2-4-7-22/h2-9,18,24H,10-17,19-20H2,1H3,(H,27,29). The largest absolute Gasteiger partial charge is 0.497 e. The van der Waals surface area contributed by atoms with Crippen LogP contribution in [0.3, 0.4) is 0 Å². The number of aryl methyl sites for hydroxylation is 1. The quantitative estimate of drug-likeness (QED) is 0.700. The van der Waals surface area contributed by atoms with Gasteiger partial charge in [-0.3, -0.25) is 9.69 Å². The Morgan fingerprint density at radius 1 is 1.10 bits per heavy atom. The topological polar surface area (TPSA) is 50.8 Å². The minimum atomic E-state index is 0.0170. The zero-order chi connectivity index (χ0) is 21.5. The summed E-state index contributed by atoms with van der Waals surface area (Å²) in [6, 6.07) is 18.6. The molecule has 5 nitrogen and oxygen atoms in total. The summed E-state index contributed by atoms with van der Waals surface area (Å²) in [7, 11) is 1.66. The van der Waals surface area contributed by atoms with Gasteiger partial charge in [-0.15, -0.1) is 0 Å². The molecule has 0 aliphatic carbocycles. The van der Waals surface area contributed by atoms with Crippen molar-refractivity contribution in [3.05, 3.63) is 65.7 Å². The third kappa shape index (κ3) is 6.08. The van der Waals surface area contributed by atoms with E-state index in [-0.39, 0.29) is 17.6 Å². The first-order valence-electron chi connectivity index (χ1n) is 11.5. The van der Waals surface area contributed by atoms with Crippen molar-refractivity contribution in [2.24, 2.45) is 0 Å². The average molecular weight is 423 g/mol. The van der Waals surface area contributed by atoms with E-state index < -0.39 is 0 Å². The lowest BCUT2D eigenvalue weighted by atomic mass is 9.88. The fourth-order valence-corrected chi connectivity index (χ4v) is 4.77. The Morgan fingerprint density at radius 3 is 2.65 bits per heavy atom. The van der Waals surface area contributed by atoms with Crippen LogP contribution in [0.4, 0.5) is 0 Å². The molecule has 0 saturated carbocycles. The van der Waals surface area contributed by atoms with E-state index in [1.807, 2.05) is 24.3 Å². The van der Waals surface area contributed by atoms with E-state index >= 15 is 0 Å². The van der Waals surface area contributed by atoms with Gasteiger partial charge in [-0.1, -0.05) is 42.5 Å². The minimum Gasteiger partial charge on any atom is -0.497 e. The lowest BCUT2D eigenvalue weighted by Crippen LogP contribution is -2.44. The zero-order valence-electron chi connectivity index (χ0n) is 18.5. The summed E-state index contributed by atoms with van der Waals surface area (Å²) >= 11 is 0. The van der Waals surface area contributed by atoms with Crippen LogP contribution in [-0.4, -0.2) is 49.3 Å². The molecule has 2 fully saturated rings. The summed E-state index contributed by atoms with van der Waals surface area (Å²) in [5, 5.41) is 3.08. The molecular weight excluding hydrogens is 388 g/mol. The second-order valence-electron chi connectivity index (χ2n) is 8.88. The predicted octanol–water partition coefficient (Wildman–Crippen LogP) is 3.96. The maximum atomic E-state index is 12.3. The number of nitrogens with one attached hydrogen (secondary N) is 1. The van der Waals surface area contributed by atoms with Crippen molar-refractivity contribution in [2.45, 2.75) is 56.8 Å². The summed E-state index contributed by atoms with van der Waals surface area (Å²) in [5.74, 6) is 0.919. The summed E-state index contributed by atoms with van der Waals surface area (Å²) in [6.07, 6.45) is 5.65. The van der Waals surface area contributed by atoms with E-state index in [2.05, 4.69) is 40.5 Å². The summed E-state index contributed by atoms with van der Waals surface area (Å²) < 4.78 is 11.7. The highest BCUT2D eigenvalue weighted by atomic mass is 16.5. The van der Waals surface area contributed by atoms with Gasteiger partial charge in [0.1, 0.15) is 5.75 Å². The molecule has 1 amide bonds. The third-order valence-corrected chi connectivity index (χ3v) is 6.66. The van der Waals surface area contributed by atoms with E-state index in [1.54, 1.807) is 7.11 Å². The van der Waals surface area contributed by atoms with Gasteiger partial charge in [0.05, 0.1) is 18.8 Å². The van der Waals surface area contributed by atoms with Crippen molar-refractivity contribution >= 4 is 5.91 Å². The maximum absolute atomic E-state index is 12.3.